The van der Waals surface area contributed by atoms with Gasteiger partial charge in [0.1, 0.15) is 5.78 Å². The fraction of sp³-hybridized carbons (Fsp3) is 0.333. The van der Waals surface area contributed by atoms with E-state index >= 15 is 0 Å². The average Bonchev–Trinajstić information content (AvgIpc) is 2.21. The van der Waals surface area contributed by atoms with Crippen LogP contribution in [0.4, 0.5) is 0 Å². The predicted molar refractivity (Wildman–Crippen MR) is 65.3 cm³/mol. The Bertz CT molecular complexity index is 413. The van der Waals surface area contributed by atoms with Crippen LogP contribution in [0.15, 0.2) is 18.2 Å². The molecule has 0 heterocycles. The molecule has 0 bridgehead atoms. The van der Waals surface area contributed by atoms with Gasteiger partial charge in [0.15, 0.2) is 5.78 Å². The van der Waals surface area contributed by atoms with Crippen LogP contribution in [0.25, 0.3) is 0 Å². The van der Waals surface area contributed by atoms with Crippen molar-refractivity contribution in [2.75, 3.05) is 0 Å². The van der Waals surface area contributed by atoms with Crippen molar-refractivity contribution in [2.45, 2.75) is 26.2 Å². The second kappa shape index (κ2) is 6.02. The summed E-state index contributed by atoms with van der Waals surface area (Å²) >= 11 is 11.6. The Kier molecular flexibility index (Phi) is 4.97. The summed E-state index contributed by atoms with van der Waals surface area (Å²) in [7, 11) is 0. The zero-order valence-corrected chi connectivity index (χ0v) is 10.4. The van der Waals surface area contributed by atoms with Crippen LogP contribution in [0, 0.1) is 0 Å². The maximum Gasteiger partial charge on any atom is 0.171 e. The molecule has 0 aliphatic rings. The van der Waals surface area contributed by atoms with Gasteiger partial charge in [0, 0.05) is 17.0 Å². The lowest BCUT2D eigenvalue weighted by Gasteiger charge is -2.03. The first-order chi connectivity index (χ1) is 7.54. The molecule has 0 spiro atoms. The molecule has 0 aliphatic carbocycles. The molecule has 16 heavy (non-hydrogen) atoms. The molecule has 0 radical (unpaired) electrons. The zero-order valence-electron chi connectivity index (χ0n) is 8.93. The van der Waals surface area contributed by atoms with Crippen molar-refractivity contribution in [3.8, 4) is 0 Å². The van der Waals surface area contributed by atoms with Crippen LogP contribution >= 0.6 is 23.2 Å². The molecular formula is C12H12Cl2O2. The first-order valence-electron chi connectivity index (χ1n) is 5.04. The van der Waals surface area contributed by atoms with E-state index in [0.717, 1.165) is 6.42 Å². The van der Waals surface area contributed by atoms with Crippen LogP contribution in [-0.2, 0) is 4.79 Å². The third kappa shape index (κ3) is 3.62. The number of carbonyl (C=O) groups is 2. The Labute approximate surface area is 105 Å². The van der Waals surface area contributed by atoms with Gasteiger partial charge in [-0.2, -0.15) is 0 Å². The van der Waals surface area contributed by atoms with E-state index in [-0.39, 0.29) is 18.0 Å². The zero-order chi connectivity index (χ0) is 12.1. The van der Waals surface area contributed by atoms with E-state index in [0.29, 0.717) is 22.0 Å². The molecule has 0 fully saturated rings. The van der Waals surface area contributed by atoms with E-state index < -0.39 is 0 Å². The normalized spacial score (nSPS) is 10.2. The number of carbonyl (C=O) groups excluding carboxylic acids is 2. The van der Waals surface area contributed by atoms with E-state index in [1.54, 1.807) is 12.1 Å². The van der Waals surface area contributed by atoms with Gasteiger partial charge in [0.25, 0.3) is 0 Å². The molecule has 0 unspecified atom stereocenters. The lowest BCUT2D eigenvalue weighted by Crippen LogP contribution is -2.08. The minimum absolute atomic E-state index is 0.0662. The molecule has 0 aromatic heterocycles. The monoisotopic (exact) mass is 258 g/mol. The minimum atomic E-state index is -0.272. The van der Waals surface area contributed by atoms with Crippen LogP contribution in [0.1, 0.15) is 36.5 Å². The quantitative estimate of drug-likeness (QED) is 0.593. The van der Waals surface area contributed by atoms with Crippen molar-refractivity contribution in [1.82, 2.24) is 0 Å². The number of hydrogen-bond donors (Lipinski definition) is 0. The van der Waals surface area contributed by atoms with Crippen LogP contribution in [0.5, 0.6) is 0 Å². The highest BCUT2D eigenvalue weighted by molar-refractivity contribution is 6.36. The Morgan fingerprint density at radius 3 is 2.56 bits per heavy atom. The molecule has 1 aromatic rings. The van der Waals surface area contributed by atoms with Crippen molar-refractivity contribution in [3.63, 3.8) is 0 Å². The molecule has 0 aliphatic heterocycles. The van der Waals surface area contributed by atoms with Crippen LogP contribution < -0.4 is 0 Å². The van der Waals surface area contributed by atoms with Gasteiger partial charge in [0.2, 0.25) is 0 Å². The summed E-state index contributed by atoms with van der Waals surface area (Å²) < 4.78 is 0. The third-order valence-corrected chi connectivity index (χ3v) is 2.68. The number of hydrogen-bond acceptors (Lipinski definition) is 2. The molecule has 1 aromatic carbocycles. The first-order valence-corrected chi connectivity index (χ1v) is 5.80. The third-order valence-electron chi connectivity index (χ3n) is 2.12. The molecule has 4 heteroatoms. The molecule has 0 saturated carbocycles. The predicted octanol–water partition coefficient (Wildman–Crippen LogP) is 3.94. The second-order valence-electron chi connectivity index (χ2n) is 3.51. The van der Waals surface area contributed by atoms with E-state index in [1.165, 1.54) is 6.07 Å². The Balaban J connectivity index is 2.80. The van der Waals surface area contributed by atoms with Gasteiger partial charge in [-0.05, 0) is 24.6 Å². The van der Waals surface area contributed by atoms with E-state index in [9.17, 15) is 9.59 Å². The lowest BCUT2D eigenvalue weighted by atomic mass is 10.0. The van der Waals surface area contributed by atoms with Crippen molar-refractivity contribution in [1.29, 1.82) is 0 Å². The van der Waals surface area contributed by atoms with Crippen LogP contribution in [0.3, 0.4) is 0 Å². The van der Waals surface area contributed by atoms with Crippen molar-refractivity contribution in [3.05, 3.63) is 33.8 Å². The van der Waals surface area contributed by atoms with Crippen LogP contribution in [0.2, 0.25) is 10.0 Å². The van der Waals surface area contributed by atoms with Gasteiger partial charge < -0.3 is 0 Å². The molecule has 86 valence electrons. The maximum absolute atomic E-state index is 11.7. The summed E-state index contributed by atoms with van der Waals surface area (Å²) in [4.78, 5) is 23.1. The van der Waals surface area contributed by atoms with E-state index in [1.807, 2.05) is 6.92 Å². The number of halogens is 2. The molecule has 1 rings (SSSR count). The van der Waals surface area contributed by atoms with Gasteiger partial charge in [-0.25, -0.2) is 0 Å². The summed E-state index contributed by atoms with van der Waals surface area (Å²) in [6.45, 7) is 1.90. The SMILES string of the molecule is CCCC(=O)CC(=O)c1cc(Cl)ccc1Cl. The summed E-state index contributed by atoms with van der Waals surface area (Å²) in [5.41, 5.74) is 0.318. The highest BCUT2D eigenvalue weighted by Gasteiger charge is 2.14. The van der Waals surface area contributed by atoms with Gasteiger partial charge in [-0.3, -0.25) is 9.59 Å². The maximum atomic E-state index is 11.7. The fourth-order valence-corrected chi connectivity index (χ4v) is 1.75. The molecule has 0 atom stereocenters. The molecule has 0 amide bonds. The minimum Gasteiger partial charge on any atom is -0.299 e. The van der Waals surface area contributed by atoms with Crippen LogP contribution in [-0.4, -0.2) is 11.6 Å². The number of ketones is 2. The molecule has 2 nitrogen and oxygen atoms in total. The number of Topliss-reactive ketones (excluding diaryl/α,β-unsaturated/α-hetero) is 2. The molecule has 0 saturated heterocycles. The highest BCUT2D eigenvalue weighted by Crippen LogP contribution is 2.22. The number of rotatable bonds is 5. The Morgan fingerprint density at radius 2 is 1.94 bits per heavy atom. The second-order valence-corrected chi connectivity index (χ2v) is 4.36. The summed E-state index contributed by atoms with van der Waals surface area (Å²) in [6.07, 6.45) is 1.06. The Morgan fingerprint density at radius 1 is 1.25 bits per heavy atom. The summed E-state index contributed by atoms with van der Waals surface area (Å²) in [6, 6.07) is 4.65. The lowest BCUT2D eigenvalue weighted by molar-refractivity contribution is -0.118. The smallest absolute Gasteiger partial charge is 0.171 e. The fourth-order valence-electron chi connectivity index (χ4n) is 1.35. The summed E-state index contributed by atoms with van der Waals surface area (Å²) in [5, 5.41) is 0.773. The summed E-state index contributed by atoms with van der Waals surface area (Å²) in [5.74, 6) is -0.338. The molecule has 0 N–H and O–H groups in total. The van der Waals surface area contributed by atoms with Gasteiger partial charge in [-0.15, -0.1) is 0 Å². The topological polar surface area (TPSA) is 34.1 Å². The van der Waals surface area contributed by atoms with Gasteiger partial charge >= 0.3 is 0 Å². The van der Waals surface area contributed by atoms with Gasteiger partial charge in [0.05, 0.1) is 11.4 Å². The van der Waals surface area contributed by atoms with Crippen molar-refractivity contribution in [2.24, 2.45) is 0 Å². The Hall–Kier alpha value is -0.860. The highest BCUT2D eigenvalue weighted by atomic mass is 35.5. The van der Waals surface area contributed by atoms with E-state index in [2.05, 4.69) is 0 Å². The standard InChI is InChI=1S/C12H12Cl2O2/c1-2-3-9(15)7-12(16)10-6-8(13)4-5-11(10)14/h4-6H,2-3,7H2,1H3. The van der Waals surface area contributed by atoms with Gasteiger partial charge in [-0.1, -0.05) is 30.1 Å². The van der Waals surface area contributed by atoms with Crippen molar-refractivity contribution >= 4 is 34.8 Å². The van der Waals surface area contributed by atoms with E-state index in [4.69, 9.17) is 23.2 Å². The molecular weight excluding hydrogens is 247 g/mol. The largest absolute Gasteiger partial charge is 0.299 e. The average molecular weight is 259 g/mol. The number of benzene rings is 1. The first kappa shape index (κ1) is 13.2. The van der Waals surface area contributed by atoms with Crippen molar-refractivity contribution < 1.29 is 9.59 Å².